The second-order valence-electron chi connectivity index (χ2n) is 6.49. The minimum Gasteiger partial charge on any atom is -0.355 e. The van der Waals surface area contributed by atoms with Gasteiger partial charge in [-0.25, -0.2) is 14.8 Å². The van der Waals surface area contributed by atoms with E-state index in [1.807, 2.05) is 11.0 Å². The number of H-pyrrole nitrogens is 1. The Bertz CT molecular complexity index is 818. The van der Waals surface area contributed by atoms with Crippen LogP contribution in [0, 0.1) is 0 Å². The highest BCUT2D eigenvalue weighted by Crippen LogP contribution is 2.22. The van der Waals surface area contributed by atoms with E-state index < -0.39 is 0 Å². The predicted molar refractivity (Wildman–Crippen MR) is 94.1 cm³/mol. The van der Waals surface area contributed by atoms with E-state index in [4.69, 9.17) is 0 Å². The molecule has 4 rings (SSSR count). The van der Waals surface area contributed by atoms with Crippen molar-refractivity contribution in [2.75, 3.05) is 49.1 Å². The third kappa shape index (κ3) is 3.02. The summed E-state index contributed by atoms with van der Waals surface area (Å²) < 4.78 is 1.08. The van der Waals surface area contributed by atoms with Crippen molar-refractivity contribution in [3.05, 3.63) is 45.4 Å². The molecule has 2 saturated heterocycles. The first-order chi connectivity index (χ1) is 12.1. The van der Waals surface area contributed by atoms with Crippen molar-refractivity contribution in [2.24, 2.45) is 7.05 Å². The molecule has 9 nitrogen and oxygen atoms in total. The highest BCUT2D eigenvalue weighted by atomic mass is 16.2. The van der Waals surface area contributed by atoms with Crippen LogP contribution in [-0.2, 0) is 7.05 Å². The molecule has 25 heavy (non-hydrogen) atoms. The first-order valence-corrected chi connectivity index (χ1v) is 8.43. The third-order valence-electron chi connectivity index (χ3n) is 5.00. The summed E-state index contributed by atoms with van der Waals surface area (Å²) >= 11 is 0. The Labute approximate surface area is 144 Å². The zero-order valence-corrected chi connectivity index (χ0v) is 14.1. The molecule has 2 aliphatic heterocycles. The molecule has 2 fully saturated rings. The van der Waals surface area contributed by atoms with Gasteiger partial charge in [-0.1, -0.05) is 0 Å². The maximum atomic E-state index is 11.7. The van der Waals surface area contributed by atoms with E-state index in [0.717, 1.165) is 49.8 Å². The fourth-order valence-corrected chi connectivity index (χ4v) is 3.34. The van der Waals surface area contributed by atoms with Gasteiger partial charge in [0, 0.05) is 70.8 Å². The van der Waals surface area contributed by atoms with Crippen molar-refractivity contribution < 1.29 is 0 Å². The second kappa shape index (κ2) is 6.32. The fourth-order valence-electron chi connectivity index (χ4n) is 3.34. The lowest BCUT2D eigenvalue weighted by Crippen LogP contribution is -2.63. The van der Waals surface area contributed by atoms with E-state index in [0.29, 0.717) is 11.9 Å². The van der Waals surface area contributed by atoms with Gasteiger partial charge in [0.05, 0.1) is 0 Å². The maximum Gasteiger partial charge on any atom is 0.329 e. The lowest BCUT2D eigenvalue weighted by molar-refractivity contribution is 0.156. The van der Waals surface area contributed by atoms with Crippen LogP contribution in [0.25, 0.3) is 0 Å². The molecule has 9 heteroatoms. The molecule has 132 valence electrons. The van der Waals surface area contributed by atoms with Gasteiger partial charge in [0.15, 0.2) is 0 Å². The summed E-state index contributed by atoms with van der Waals surface area (Å²) in [5.41, 5.74) is -0.652. The van der Waals surface area contributed by atoms with Gasteiger partial charge in [0.25, 0.3) is 5.56 Å². The van der Waals surface area contributed by atoms with Crippen LogP contribution < -0.4 is 21.0 Å². The lowest BCUT2D eigenvalue weighted by atomic mass is 10.1. The Balaban J connectivity index is 1.33. The minimum atomic E-state index is -0.373. The van der Waals surface area contributed by atoms with Crippen LogP contribution in [0.2, 0.25) is 0 Å². The zero-order chi connectivity index (χ0) is 17.4. The van der Waals surface area contributed by atoms with Gasteiger partial charge in [-0.15, -0.1) is 0 Å². The monoisotopic (exact) mass is 343 g/mol. The average molecular weight is 343 g/mol. The number of anilines is 2. The predicted octanol–water partition coefficient (Wildman–Crippen LogP) is -1.13. The zero-order valence-electron chi connectivity index (χ0n) is 14.1. The fraction of sp³-hybridized carbons (Fsp3) is 0.500. The number of rotatable bonds is 3. The quantitative estimate of drug-likeness (QED) is 0.754. The third-order valence-corrected chi connectivity index (χ3v) is 5.00. The molecule has 1 N–H and O–H groups in total. The topological polar surface area (TPSA) is 90.4 Å². The Morgan fingerprint density at radius 1 is 1.04 bits per heavy atom. The summed E-state index contributed by atoms with van der Waals surface area (Å²) in [6.07, 6.45) is 3.53. The lowest BCUT2D eigenvalue weighted by Gasteiger charge is -2.48. The van der Waals surface area contributed by atoms with Crippen molar-refractivity contribution in [1.29, 1.82) is 0 Å². The summed E-state index contributed by atoms with van der Waals surface area (Å²) in [7, 11) is 1.47. The van der Waals surface area contributed by atoms with Crippen LogP contribution in [0.15, 0.2) is 34.1 Å². The Morgan fingerprint density at radius 2 is 1.72 bits per heavy atom. The molecule has 2 aromatic heterocycles. The van der Waals surface area contributed by atoms with Crippen LogP contribution in [-0.4, -0.2) is 69.7 Å². The largest absolute Gasteiger partial charge is 0.355 e. The van der Waals surface area contributed by atoms with Gasteiger partial charge in [-0.2, -0.15) is 0 Å². The molecule has 0 spiro atoms. The molecule has 0 unspecified atom stereocenters. The molecule has 0 amide bonds. The molecule has 2 aliphatic rings. The van der Waals surface area contributed by atoms with Crippen LogP contribution >= 0.6 is 0 Å². The summed E-state index contributed by atoms with van der Waals surface area (Å²) in [4.78, 5) is 41.5. The first-order valence-electron chi connectivity index (χ1n) is 8.43. The number of hydrogen-bond acceptors (Lipinski definition) is 7. The SMILES string of the molecule is Cn1c(=O)cc(N2CC(N3CCN(c4ncccn4)CC3)C2)[nH]c1=O. The highest BCUT2D eigenvalue weighted by Gasteiger charge is 2.34. The van der Waals surface area contributed by atoms with Crippen LogP contribution in [0.3, 0.4) is 0 Å². The van der Waals surface area contributed by atoms with E-state index in [1.165, 1.54) is 13.1 Å². The average Bonchev–Trinajstić information content (AvgIpc) is 2.60. The van der Waals surface area contributed by atoms with E-state index in [-0.39, 0.29) is 11.2 Å². The molecule has 0 saturated carbocycles. The van der Waals surface area contributed by atoms with Gasteiger partial charge in [-0.05, 0) is 6.07 Å². The van der Waals surface area contributed by atoms with Crippen LogP contribution in [0.1, 0.15) is 0 Å². The molecule has 0 bridgehead atoms. The van der Waals surface area contributed by atoms with E-state index in [9.17, 15) is 9.59 Å². The summed E-state index contributed by atoms with van der Waals surface area (Å²) in [5, 5.41) is 0. The van der Waals surface area contributed by atoms with Crippen LogP contribution in [0.4, 0.5) is 11.8 Å². The Hall–Kier alpha value is -2.68. The van der Waals surface area contributed by atoms with Gasteiger partial charge in [0.1, 0.15) is 5.82 Å². The van der Waals surface area contributed by atoms with Gasteiger partial charge >= 0.3 is 5.69 Å². The van der Waals surface area contributed by atoms with E-state index >= 15 is 0 Å². The van der Waals surface area contributed by atoms with Gasteiger partial charge < -0.3 is 9.80 Å². The highest BCUT2D eigenvalue weighted by molar-refractivity contribution is 5.41. The van der Waals surface area contributed by atoms with Crippen LogP contribution in [0.5, 0.6) is 0 Å². The van der Waals surface area contributed by atoms with Crippen molar-refractivity contribution in [3.8, 4) is 0 Å². The molecular formula is C16H21N7O2. The second-order valence-corrected chi connectivity index (χ2v) is 6.49. The molecule has 0 radical (unpaired) electrons. The Morgan fingerprint density at radius 3 is 2.36 bits per heavy atom. The first kappa shape index (κ1) is 15.8. The van der Waals surface area contributed by atoms with Crippen molar-refractivity contribution >= 4 is 11.8 Å². The maximum absolute atomic E-state index is 11.7. The standard InChI is InChI=1S/C16H21N7O2/c1-20-14(24)9-13(19-16(20)25)23-10-12(11-23)21-5-7-22(8-6-21)15-17-3-2-4-18-15/h2-4,9,12H,5-8,10-11H2,1H3,(H,19,25). The van der Waals surface area contributed by atoms with Gasteiger partial charge in [0.2, 0.25) is 5.95 Å². The molecule has 4 heterocycles. The van der Waals surface area contributed by atoms with Crippen molar-refractivity contribution in [3.63, 3.8) is 0 Å². The van der Waals surface area contributed by atoms with Crippen molar-refractivity contribution in [1.82, 2.24) is 24.4 Å². The summed E-state index contributed by atoms with van der Waals surface area (Å²) in [6.45, 7) is 5.38. The molecule has 0 aromatic carbocycles. The van der Waals surface area contributed by atoms with E-state index in [2.05, 4.69) is 24.8 Å². The summed E-state index contributed by atoms with van der Waals surface area (Å²) in [6, 6.07) is 3.76. The normalized spacial score (nSPS) is 19.1. The number of nitrogens with zero attached hydrogens (tertiary/aromatic N) is 6. The minimum absolute atomic E-state index is 0.279. The Kier molecular flexibility index (Phi) is 4.00. The number of piperazine rings is 1. The molecule has 0 atom stereocenters. The van der Waals surface area contributed by atoms with E-state index in [1.54, 1.807) is 12.4 Å². The smallest absolute Gasteiger partial charge is 0.329 e. The number of nitrogens with one attached hydrogen (secondary N) is 1. The molecule has 0 aliphatic carbocycles. The number of hydrogen-bond donors (Lipinski definition) is 1. The van der Waals surface area contributed by atoms with Crippen molar-refractivity contribution in [2.45, 2.75) is 6.04 Å². The number of aromatic amines is 1. The number of aromatic nitrogens is 4. The van der Waals surface area contributed by atoms with Gasteiger partial charge in [-0.3, -0.25) is 19.2 Å². The molecular weight excluding hydrogens is 322 g/mol. The molecule has 2 aromatic rings. The summed E-state index contributed by atoms with van der Waals surface area (Å²) in [5.74, 6) is 1.40.